The van der Waals surface area contributed by atoms with Gasteiger partial charge in [0, 0.05) is 17.4 Å². The van der Waals surface area contributed by atoms with Crippen molar-refractivity contribution in [3.05, 3.63) is 59.7 Å². The van der Waals surface area contributed by atoms with E-state index in [-0.39, 0.29) is 18.5 Å². The molecule has 0 fully saturated rings. The molecule has 0 bridgehead atoms. The van der Waals surface area contributed by atoms with Crippen LogP contribution in [0.2, 0.25) is 0 Å². The van der Waals surface area contributed by atoms with Crippen molar-refractivity contribution in [1.82, 2.24) is 9.88 Å². The van der Waals surface area contributed by atoms with Gasteiger partial charge in [-0.05, 0) is 43.7 Å². The Labute approximate surface area is 172 Å². The Bertz CT molecular complexity index is 934. The third-order valence-corrected chi connectivity index (χ3v) is 6.50. The first-order valence-corrected chi connectivity index (χ1v) is 10.7. The summed E-state index contributed by atoms with van der Waals surface area (Å²) in [6.45, 7) is 3.70. The average Bonchev–Trinajstić information content (AvgIpc) is 3.13. The number of para-hydroxylation sites is 1. The number of hydrogen-bond donors (Lipinski definition) is 0. The molecule has 7 heteroatoms. The van der Waals surface area contributed by atoms with E-state index in [1.54, 1.807) is 23.1 Å². The van der Waals surface area contributed by atoms with Crippen LogP contribution >= 0.6 is 23.1 Å². The predicted molar refractivity (Wildman–Crippen MR) is 114 cm³/mol. The second kappa shape index (κ2) is 9.21. The van der Waals surface area contributed by atoms with E-state index in [4.69, 9.17) is 4.74 Å². The second-order valence-electron chi connectivity index (χ2n) is 6.54. The number of hydrogen-bond acceptors (Lipinski definition) is 6. The molecule has 0 saturated heterocycles. The summed E-state index contributed by atoms with van der Waals surface area (Å²) in [5.41, 5.74) is 2.70. The van der Waals surface area contributed by atoms with E-state index < -0.39 is 5.97 Å². The molecule has 1 heterocycles. The average molecular weight is 415 g/mol. The Morgan fingerprint density at radius 1 is 1.14 bits per heavy atom. The van der Waals surface area contributed by atoms with Crippen LogP contribution in [0.4, 0.5) is 0 Å². The summed E-state index contributed by atoms with van der Waals surface area (Å²) in [6.07, 6.45) is 0. The second-order valence-corrected chi connectivity index (χ2v) is 8.79. The molecule has 0 aliphatic heterocycles. The molecule has 0 atom stereocenters. The lowest BCUT2D eigenvalue weighted by Gasteiger charge is -2.25. The minimum absolute atomic E-state index is 0.0534. The number of carbonyl (C=O) groups is 2. The van der Waals surface area contributed by atoms with Gasteiger partial charge in [-0.2, -0.15) is 0 Å². The van der Waals surface area contributed by atoms with E-state index in [1.807, 2.05) is 56.3 Å². The van der Waals surface area contributed by atoms with Crippen molar-refractivity contribution in [3.8, 4) is 0 Å². The van der Waals surface area contributed by atoms with E-state index in [0.717, 1.165) is 21.2 Å². The number of benzene rings is 2. The number of esters is 1. The summed E-state index contributed by atoms with van der Waals surface area (Å²) in [7, 11) is 1.32. The first-order chi connectivity index (χ1) is 13.5. The smallest absolute Gasteiger partial charge is 0.325 e. The fourth-order valence-electron chi connectivity index (χ4n) is 2.66. The normalized spacial score (nSPS) is 11.0. The van der Waals surface area contributed by atoms with Crippen molar-refractivity contribution < 1.29 is 14.3 Å². The third-order valence-electron chi connectivity index (χ3n) is 4.25. The lowest BCUT2D eigenvalue weighted by atomic mass is 10.1. The molecule has 0 N–H and O–H groups in total. The maximum atomic E-state index is 12.7. The number of ether oxygens (including phenoxy) is 1. The van der Waals surface area contributed by atoms with Gasteiger partial charge in [0.25, 0.3) is 5.91 Å². The van der Waals surface area contributed by atoms with E-state index in [9.17, 15) is 9.59 Å². The van der Waals surface area contributed by atoms with Gasteiger partial charge < -0.3 is 9.64 Å². The summed E-state index contributed by atoms with van der Waals surface area (Å²) in [5, 5.41) is 0. The molecule has 3 aromatic rings. The molecule has 2 aromatic carbocycles. The van der Waals surface area contributed by atoms with Crippen molar-refractivity contribution in [3.63, 3.8) is 0 Å². The maximum absolute atomic E-state index is 12.7. The van der Waals surface area contributed by atoms with Crippen LogP contribution in [0.25, 0.3) is 10.2 Å². The molecule has 28 heavy (non-hydrogen) atoms. The van der Waals surface area contributed by atoms with Crippen LogP contribution in [-0.2, 0) is 15.3 Å². The largest absolute Gasteiger partial charge is 0.468 e. The van der Waals surface area contributed by atoms with Gasteiger partial charge in [-0.15, -0.1) is 11.3 Å². The standard InChI is InChI=1S/C21H22N2O3S2/c1-14(2)23(12-19(24)26-3)20(25)16-10-8-15(9-11-16)13-27-21-22-17-6-4-5-7-18(17)28-21/h4-11,14H,12-13H2,1-3H3. The third kappa shape index (κ3) is 4.91. The highest BCUT2D eigenvalue weighted by molar-refractivity contribution is 8.00. The molecule has 5 nitrogen and oxygen atoms in total. The minimum Gasteiger partial charge on any atom is -0.468 e. The monoisotopic (exact) mass is 414 g/mol. The number of amides is 1. The van der Waals surface area contributed by atoms with Crippen molar-refractivity contribution >= 4 is 45.2 Å². The highest BCUT2D eigenvalue weighted by Gasteiger charge is 2.21. The lowest BCUT2D eigenvalue weighted by molar-refractivity contribution is -0.141. The molecule has 0 saturated carbocycles. The minimum atomic E-state index is -0.425. The van der Waals surface area contributed by atoms with Gasteiger partial charge in [0.2, 0.25) is 0 Å². The maximum Gasteiger partial charge on any atom is 0.325 e. The molecule has 146 valence electrons. The Morgan fingerprint density at radius 2 is 1.86 bits per heavy atom. The summed E-state index contributed by atoms with van der Waals surface area (Å²) in [6, 6.07) is 15.5. The van der Waals surface area contributed by atoms with Crippen molar-refractivity contribution in [1.29, 1.82) is 0 Å². The number of carbonyl (C=O) groups excluding carboxylic acids is 2. The van der Waals surface area contributed by atoms with E-state index >= 15 is 0 Å². The highest BCUT2D eigenvalue weighted by Crippen LogP contribution is 2.31. The van der Waals surface area contributed by atoms with Gasteiger partial charge in [0.05, 0.1) is 17.3 Å². The van der Waals surface area contributed by atoms with Crippen molar-refractivity contribution in [2.45, 2.75) is 30.0 Å². The Kier molecular flexibility index (Phi) is 6.70. The van der Waals surface area contributed by atoms with Crippen LogP contribution in [0.5, 0.6) is 0 Å². The number of rotatable bonds is 7. The molecule has 0 radical (unpaired) electrons. The van der Waals surface area contributed by atoms with Crippen LogP contribution in [0.1, 0.15) is 29.8 Å². The number of methoxy groups -OCH3 is 1. The van der Waals surface area contributed by atoms with Gasteiger partial charge in [-0.1, -0.05) is 36.0 Å². The molecule has 3 rings (SSSR count). The Morgan fingerprint density at radius 3 is 2.50 bits per heavy atom. The first kappa shape index (κ1) is 20.4. The highest BCUT2D eigenvalue weighted by atomic mass is 32.2. The number of fused-ring (bicyclic) bond motifs is 1. The van der Waals surface area contributed by atoms with Crippen molar-refractivity contribution in [2.24, 2.45) is 0 Å². The molecule has 0 unspecified atom stereocenters. The van der Waals surface area contributed by atoms with E-state index in [0.29, 0.717) is 5.56 Å². The van der Waals surface area contributed by atoms with Gasteiger partial charge in [-0.25, -0.2) is 4.98 Å². The van der Waals surface area contributed by atoms with Crippen LogP contribution < -0.4 is 0 Å². The van der Waals surface area contributed by atoms with Gasteiger partial charge >= 0.3 is 5.97 Å². The summed E-state index contributed by atoms with van der Waals surface area (Å²) in [4.78, 5) is 30.4. The zero-order valence-electron chi connectivity index (χ0n) is 16.0. The zero-order chi connectivity index (χ0) is 20.1. The van der Waals surface area contributed by atoms with Gasteiger partial charge in [0.1, 0.15) is 6.54 Å². The predicted octanol–water partition coefficient (Wildman–Crippen LogP) is 4.61. The molecule has 0 aliphatic carbocycles. The van der Waals surface area contributed by atoms with Crippen LogP contribution in [0.3, 0.4) is 0 Å². The molecule has 1 aromatic heterocycles. The number of thiazole rings is 1. The van der Waals surface area contributed by atoms with E-state index in [1.165, 1.54) is 16.7 Å². The quantitative estimate of drug-likeness (QED) is 0.417. The molecule has 0 spiro atoms. The lowest BCUT2D eigenvalue weighted by Crippen LogP contribution is -2.41. The Balaban J connectivity index is 1.64. The number of aromatic nitrogens is 1. The summed E-state index contributed by atoms with van der Waals surface area (Å²) < 4.78 is 6.91. The van der Waals surface area contributed by atoms with Crippen LogP contribution in [0.15, 0.2) is 52.9 Å². The SMILES string of the molecule is COC(=O)CN(C(=O)c1ccc(CSc2nc3ccccc3s2)cc1)C(C)C. The summed E-state index contributed by atoms with van der Waals surface area (Å²) >= 11 is 3.37. The molecular weight excluding hydrogens is 392 g/mol. The number of nitrogens with zero attached hydrogens (tertiary/aromatic N) is 2. The Hall–Kier alpha value is -2.38. The fraction of sp³-hybridized carbons (Fsp3) is 0.286. The van der Waals surface area contributed by atoms with Crippen LogP contribution in [-0.4, -0.2) is 41.5 Å². The molecule has 0 aliphatic rings. The van der Waals surface area contributed by atoms with Crippen LogP contribution in [0, 0.1) is 0 Å². The van der Waals surface area contributed by atoms with Crippen molar-refractivity contribution in [2.75, 3.05) is 13.7 Å². The number of thioether (sulfide) groups is 1. The summed E-state index contributed by atoms with van der Waals surface area (Å²) in [5.74, 6) is 0.182. The first-order valence-electron chi connectivity index (χ1n) is 8.93. The molecular formula is C21H22N2O3S2. The zero-order valence-corrected chi connectivity index (χ0v) is 17.7. The van der Waals surface area contributed by atoms with Gasteiger partial charge in [-0.3, -0.25) is 9.59 Å². The van der Waals surface area contributed by atoms with Gasteiger partial charge in [0.15, 0.2) is 4.34 Å². The fourth-order valence-corrected chi connectivity index (χ4v) is 4.68. The van der Waals surface area contributed by atoms with E-state index in [2.05, 4.69) is 11.1 Å². The topological polar surface area (TPSA) is 59.5 Å². The molecule has 1 amide bonds.